The molecule has 0 saturated heterocycles. The fraction of sp³-hybridized carbons (Fsp3) is 0.917. The van der Waals surface area contributed by atoms with Crippen LogP contribution < -0.4 is 0 Å². The zero-order chi connectivity index (χ0) is 17.0. The standard InChI is InChI=1S/C24H44/c1-3-5-7-9-21-11-15-23(16-12-21)19-20-24-17-13-22(14-18-24)10-8-6-4-2/h19-24H,3-18H2,1-2H3/b20-19+. The second-order valence-corrected chi connectivity index (χ2v) is 8.94. The van der Waals surface area contributed by atoms with Gasteiger partial charge in [0.15, 0.2) is 0 Å². The summed E-state index contributed by atoms with van der Waals surface area (Å²) in [6.45, 7) is 4.64. The van der Waals surface area contributed by atoms with Crippen molar-refractivity contribution >= 4 is 0 Å². The topological polar surface area (TPSA) is 0 Å². The molecule has 0 heterocycles. The molecule has 2 aliphatic carbocycles. The van der Waals surface area contributed by atoms with Gasteiger partial charge >= 0.3 is 0 Å². The predicted molar refractivity (Wildman–Crippen MR) is 108 cm³/mol. The molecule has 0 radical (unpaired) electrons. The molecule has 140 valence electrons. The van der Waals surface area contributed by atoms with E-state index in [-0.39, 0.29) is 0 Å². The molecule has 0 heteroatoms. The minimum atomic E-state index is 0.912. The zero-order valence-electron chi connectivity index (χ0n) is 16.8. The van der Waals surface area contributed by atoms with Gasteiger partial charge in [0.05, 0.1) is 0 Å². The van der Waals surface area contributed by atoms with E-state index >= 15 is 0 Å². The summed E-state index contributed by atoms with van der Waals surface area (Å²) in [6, 6.07) is 0. The van der Waals surface area contributed by atoms with Gasteiger partial charge in [-0.15, -0.1) is 0 Å². The highest BCUT2D eigenvalue weighted by Crippen LogP contribution is 2.35. The maximum Gasteiger partial charge on any atom is -0.0233 e. The first kappa shape index (κ1) is 20.1. The van der Waals surface area contributed by atoms with Crippen molar-refractivity contribution in [1.82, 2.24) is 0 Å². The van der Waals surface area contributed by atoms with Crippen molar-refractivity contribution in [3.05, 3.63) is 12.2 Å². The van der Waals surface area contributed by atoms with Gasteiger partial charge in [-0.1, -0.05) is 77.4 Å². The van der Waals surface area contributed by atoms with Gasteiger partial charge in [0.25, 0.3) is 0 Å². The van der Waals surface area contributed by atoms with E-state index in [0.29, 0.717) is 0 Å². The van der Waals surface area contributed by atoms with Crippen molar-refractivity contribution in [2.24, 2.45) is 23.7 Å². The molecule has 2 aliphatic rings. The lowest BCUT2D eigenvalue weighted by Crippen LogP contribution is -2.15. The van der Waals surface area contributed by atoms with Crippen LogP contribution in [0.1, 0.15) is 117 Å². The molecule has 0 aromatic rings. The van der Waals surface area contributed by atoms with Crippen LogP contribution in [-0.2, 0) is 0 Å². The molecule has 0 bridgehead atoms. The molecule has 2 saturated carbocycles. The first-order valence-corrected chi connectivity index (χ1v) is 11.5. The van der Waals surface area contributed by atoms with Gasteiger partial charge in [0.1, 0.15) is 0 Å². The lowest BCUT2D eigenvalue weighted by atomic mass is 9.77. The highest BCUT2D eigenvalue weighted by Gasteiger charge is 2.21. The molecule has 0 nitrogen and oxygen atoms in total. The smallest absolute Gasteiger partial charge is 0.0233 e. The van der Waals surface area contributed by atoms with E-state index in [1.165, 1.54) is 103 Å². The Morgan fingerprint density at radius 1 is 0.542 bits per heavy atom. The molecule has 0 aliphatic heterocycles. The molecule has 0 unspecified atom stereocenters. The highest BCUT2D eigenvalue weighted by molar-refractivity contribution is 4.96. The quantitative estimate of drug-likeness (QED) is 0.278. The van der Waals surface area contributed by atoms with Crippen molar-refractivity contribution in [3.63, 3.8) is 0 Å². The van der Waals surface area contributed by atoms with Crippen molar-refractivity contribution in [1.29, 1.82) is 0 Å². The molecular weight excluding hydrogens is 288 g/mol. The maximum absolute atomic E-state index is 2.63. The summed E-state index contributed by atoms with van der Waals surface area (Å²) >= 11 is 0. The van der Waals surface area contributed by atoms with Crippen LogP contribution in [0.2, 0.25) is 0 Å². The lowest BCUT2D eigenvalue weighted by molar-refractivity contribution is 0.280. The Hall–Kier alpha value is -0.260. The van der Waals surface area contributed by atoms with Crippen LogP contribution in [0.25, 0.3) is 0 Å². The van der Waals surface area contributed by atoms with Crippen LogP contribution >= 0.6 is 0 Å². The SMILES string of the molecule is CCCCCC1CCC(/C=C/C2CCC(CCCCC)CC2)CC1. The number of rotatable bonds is 10. The predicted octanol–water partition coefficient (Wildman–Crippen LogP) is 8.32. The Kier molecular flexibility index (Phi) is 10.2. The third kappa shape index (κ3) is 7.75. The van der Waals surface area contributed by atoms with Gasteiger partial charge in [-0.2, -0.15) is 0 Å². The van der Waals surface area contributed by atoms with E-state index in [1.54, 1.807) is 0 Å². The fourth-order valence-electron chi connectivity index (χ4n) is 5.02. The third-order valence-electron chi connectivity index (χ3n) is 6.87. The molecule has 2 fully saturated rings. The van der Waals surface area contributed by atoms with Crippen LogP contribution in [0.5, 0.6) is 0 Å². The lowest BCUT2D eigenvalue weighted by Gasteiger charge is -2.29. The van der Waals surface area contributed by atoms with Crippen molar-refractivity contribution in [2.45, 2.75) is 117 Å². The largest absolute Gasteiger partial charge is 0.0851 e. The van der Waals surface area contributed by atoms with Crippen molar-refractivity contribution < 1.29 is 0 Å². The van der Waals surface area contributed by atoms with E-state index in [9.17, 15) is 0 Å². The Morgan fingerprint density at radius 3 is 1.25 bits per heavy atom. The Bertz CT molecular complexity index is 281. The van der Waals surface area contributed by atoms with E-state index < -0.39 is 0 Å². The molecule has 0 N–H and O–H groups in total. The summed E-state index contributed by atoms with van der Waals surface area (Å²) in [4.78, 5) is 0. The molecule has 0 amide bonds. The minimum absolute atomic E-state index is 0.912. The Morgan fingerprint density at radius 2 is 0.917 bits per heavy atom. The second kappa shape index (κ2) is 12.2. The van der Waals surface area contributed by atoms with Gasteiger partial charge in [-0.3, -0.25) is 0 Å². The van der Waals surface area contributed by atoms with Crippen LogP contribution in [0.3, 0.4) is 0 Å². The second-order valence-electron chi connectivity index (χ2n) is 8.94. The number of unbranched alkanes of at least 4 members (excludes halogenated alkanes) is 4. The highest BCUT2D eigenvalue weighted by atomic mass is 14.3. The number of hydrogen-bond donors (Lipinski definition) is 0. The van der Waals surface area contributed by atoms with Crippen LogP contribution in [0.4, 0.5) is 0 Å². The Labute approximate surface area is 152 Å². The van der Waals surface area contributed by atoms with E-state index in [4.69, 9.17) is 0 Å². The van der Waals surface area contributed by atoms with Gasteiger partial charge in [-0.25, -0.2) is 0 Å². The van der Waals surface area contributed by atoms with Crippen molar-refractivity contribution in [2.75, 3.05) is 0 Å². The normalized spacial score (nSPS) is 31.6. The molecule has 2 rings (SSSR count). The Balaban J connectivity index is 1.56. The molecule has 0 aromatic carbocycles. The average molecular weight is 333 g/mol. The summed E-state index contributed by atoms with van der Waals surface area (Å²) in [5.41, 5.74) is 0. The van der Waals surface area contributed by atoms with Gasteiger partial charge < -0.3 is 0 Å². The minimum Gasteiger partial charge on any atom is -0.0851 e. The van der Waals surface area contributed by atoms with Gasteiger partial charge in [-0.05, 0) is 75.0 Å². The summed E-state index contributed by atoms with van der Waals surface area (Å²) in [5.74, 6) is 3.93. The third-order valence-corrected chi connectivity index (χ3v) is 6.87. The molecule has 0 atom stereocenters. The van der Waals surface area contributed by atoms with E-state index in [0.717, 1.165) is 23.7 Å². The monoisotopic (exact) mass is 332 g/mol. The maximum atomic E-state index is 2.63. The molecule has 24 heavy (non-hydrogen) atoms. The average Bonchev–Trinajstić information content (AvgIpc) is 2.63. The number of hydrogen-bond acceptors (Lipinski definition) is 0. The van der Waals surface area contributed by atoms with E-state index in [2.05, 4.69) is 26.0 Å². The summed E-state index contributed by atoms with van der Waals surface area (Å²) in [6.07, 6.45) is 28.8. The zero-order valence-corrected chi connectivity index (χ0v) is 16.8. The fourth-order valence-corrected chi connectivity index (χ4v) is 5.02. The molecular formula is C24H44. The summed E-state index contributed by atoms with van der Waals surface area (Å²) in [5, 5.41) is 0. The van der Waals surface area contributed by atoms with Crippen LogP contribution in [0.15, 0.2) is 12.2 Å². The summed E-state index contributed by atoms with van der Waals surface area (Å²) in [7, 11) is 0. The van der Waals surface area contributed by atoms with Crippen LogP contribution in [-0.4, -0.2) is 0 Å². The van der Waals surface area contributed by atoms with Gasteiger partial charge in [0.2, 0.25) is 0 Å². The molecule has 0 aromatic heterocycles. The summed E-state index contributed by atoms with van der Waals surface area (Å²) < 4.78 is 0. The first-order chi connectivity index (χ1) is 11.8. The number of allylic oxidation sites excluding steroid dienone is 2. The molecule has 0 spiro atoms. The van der Waals surface area contributed by atoms with Crippen LogP contribution in [0, 0.1) is 23.7 Å². The van der Waals surface area contributed by atoms with Gasteiger partial charge in [0, 0.05) is 0 Å². The van der Waals surface area contributed by atoms with E-state index in [1.807, 2.05) is 0 Å². The first-order valence-electron chi connectivity index (χ1n) is 11.5. The van der Waals surface area contributed by atoms with Crippen molar-refractivity contribution in [3.8, 4) is 0 Å².